The normalized spacial score (nSPS) is 3.27. The second-order valence-electron chi connectivity index (χ2n) is 0.408. The molecule has 0 rings (SSSR count). The second-order valence-corrected chi connectivity index (χ2v) is 0.408. The molecule has 0 spiro atoms. The van der Waals surface area contributed by atoms with E-state index in [0.29, 0.717) is 0 Å². The molecule has 0 unspecified atom stereocenters. The van der Waals surface area contributed by atoms with E-state index >= 15 is 0 Å². The molecule has 0 saturated carbocycles. The molecular formula is C9H22O2. The summed E-state index contributed by atoms with van der Waals surface area (Å²) in [7, 11) is 3.25. The molecule has 0 saturated heterocycles. The summed E-state index contributed by atoms with van der Waals surface area (Å²) in [6, 6.07) is 0. The highest BCUT2D eigenvalue weighted by atomic mass is 16.4. The Morgan fingerprint density at radius 2 is 0.818 bits per heavy atom. The van der Waals surface area contributed by atoms with Gasteiger partial charge < -0.3 is 9.53 Å². The molecule has 0 aromatic rings. The van der Waals surface area contributed by atoms with Crippen molar-refractivity contribution >= 4 is 6.79 Å². The van der Waals surface area contributed by atoms with Crippen LogP contribution in [-0.4, -0.2) is 21.0 Å². The maximum atomic E-state index is 8.00. The van der Waals surface area contributed by atoms with Gasteiger partial charge in [-0.15, -0.1) is 26.3 Å². The first kappa shape index (κ1) is 32.1. The predicted molar refractivity (Wildman–Crippen MR) is 53.9 cm³/mol. The number of hydrogen-bond acceptors (Lipinski definition) is 2. The minimum atomic E-state index is 1.62. The number of methoxy groups -OCH3 is 1. The number of rotatable bonds is 0. The lowest BCUT2D eigenvalue weighted by Crippen LogP contribution is -1.55. The van der Waals surface area contributed by atoms with E-state index < -0.39 is 0 Å². The predicted octanol–water partition coefficient (Wildman–Crippen LogP) is 2.71. The molecule has 70 valence electrons. The van der Waals surface area contributed by atoms with Gasteiger partial charge in [-0.2, -0.15) is 0 Å². The summed E-state index contributed by atoms with van der Waals surface area (Å²) < 4.78 is 4.25. The van der Waals surface area contributed by atoms with Crippen LogP contribution in [0.1, 0.15) is 13.8 Å². The Kier molecular flexibility index (Phi) is 145000. The summed E-state index contributed by atoms with van der Waals surface area (Å²) in [6.45, 7) is 18.0. The van der Waals surface area contributed by atoms with Gasteiger partial charge in [-0.3, -0.25) is 0 Å². The molecule has 0 amide bonds. The third-order valence-corrected chi connectivity index (χ3v) is 0. The average Bonchev–Trinajstić information content (AvgIpc) is 2.18. The zero-order valence-electron chi connectivity index (χ0n) is 8.35. The summed E-state index contributed by atoms with van der Waals surface area (Å²) in [5, 5.41) is 0. The standard InChI is InChI=1S/C2H6O.C2H6.2C2H4.CH2O/c1-3-2;4*1-2/h1-2H3;1-2H3;2*1-2H2;1H2. The van der Waals surface area contributed by atoms with Crippen molar-refractivity contribution in [2.45, 2.75) is 13.8 Å². The van der Waals surface area contributed by atoms with Gasteiger partial charge in [-0.05, 0) is 0 Å². The van der Waals surface area contributed by atoms with Gasteiger partial charge in [0.25, 0.3) is 0 Å². The Morgan fingerprint density at radius 1 is 0.818 bits per heavy atom. The van der Waals surface area contributed by atoms with Gasteiger partial charge in [0.15, 0.2) is 0 Å². The van der Waals surface area contributed by atoms with E-state index in [1.165, 1.54) is 0 Å². The Morgan fingerprint density at radius 3 is 0.818 bits per heavy atom. The fraction of sp³-hybridized carbons (Fsp3) is 0.444. The first-order valence-electron chi connectivity index (χ1n) is 3.11. The Hall–Kier alpha value is -0.890. The molecule has 0 heterocycles. The largest absolute Gasteiger partial charge is 0.388 e. The highest BCUT2D eigenvalue weighted by Crippen LogP contribution is 1.28. The molecule has 0 fully saturated rings. The van der Waals surface area contributed by atoms with E-state index in [4.69, 9.17) is 4.79 Å². The number of ether oxygens (including phenoxy) is 1. The topological polar surface area (TPSA) is 26.3 Å². The van der Waals surface area contributed by atoms with E-state index in [9.17, 15) is 0 Å². The van der Waals surface area contributed by atoms with Gasteiger partial charge in [0.1, 0.15) is 6.79 Å². The zero-order chi connectivity index (χ0) is 10.7. The third kappa shape index (κ3) is 581. The molecule has 0 aromatic carbocycles. The van der Waals surface area contributed by atoms with Gasteiger partial charge in [0, 0.05) is 14.2 Å². The molecule has 0 aliphatic heterocycles. The van der Waals surface area contributed by atoms with Crippen molar-refractivity contribution in [3.63, 3.8) is 0 Å². The zero-order valence-corrected chi connectivity index (χ0v) is 8.35. The van der Waals surface area contributed by atoms with Crippen molar-refractivity contribution < 1.29 is 9.53 Å². The first-order chi connectivity index (χ1) is 5.41. The van der Waals surface area contributed by atoms with Crippen LogP contribution >= 0.6 is 0 Å². The monoisotopic (exact) mass is 162 g/mol. The minimum absolute atomic E-state index is 1.62. The molecule has 0 aliphatic carbocycles. The van der Waals surface area contributed by atoms with Gasteiger partial charge in [-0.1, -0.05) is 13.8 Å². The molecule has 2 nitrogen and oxygen atoms in total. The quantitative estimate of drug-likeness (QED) is 0.512. The molecule has 0 bridgehead atoms. The second kappa shape index (κ2) is 49500. The SMILES string of the molecule is C=C.C=C.C=O.CC.COC. The van der Waals surface area contributed by atoms with Crippen LogP contribution in [0.4, 0.5) is 0 Å². The van der Waals surface area contributed by atoms with Gasteiger partial charge >= 0.3 is 0 Å². The average molecular weight is 162 g/mol. The maximum absolute atomic E-state index is 8.00. The van der Waals surface area contributed by atoms with Crippen LogP contribution in [0.2, 0.25) is 0 Å². The van der Waals surface area contributed by atoms with Crippen LogP contribution in [0, 0.1) is 0 Å². The van der Waals surface area contributed by atoms with Crippen LogP contribution in [-0.2, 0) is 9.53 Å². The van der Waals surface area contributed by atoms with Crippen LogP contribution in [0.3, 0.4) is 0 Å². The number of carbonyl (C=O) groups excluding carboxylic acids is 1. The van der Waals surface area contributed by atoms with Gasteiger partial charge in [0.05, 0.1) is 0 Å². The maximum Gasteiger partial charge on any atom is 0.106 e. The molecule has 0 aromatic heterocycles. The minimum Gasteiger partial charge on any atom is -0.388 e. The number of hydrogen-bond donors (Lipinski definition) is 0. The molecule has 0 aliphatic rings. The van der Waals surface area contributed by atoms with Gasteiger partial charge in [0.2, 0.25) is 0 Å². The lowest BCUT2D eigenvalue weighted by molar-refractivity contribution is -0.0979. The summed E-state index contributed by atoms with van der Waals surface area (Å²) in [5.41, 5.74) is 0. The molecule has 0 radical (unpaired) electrons. The van der Waals surface area contributed by atoms with E-state index in [1.54, 1.807) is 14.2 Å². The fourth-order valence-electron chi connectivity index (χ4n) is 0. The molecule has 11 heavy (non-hydrogen) atoms. The van der Waals surface area contributed by atoms with Crippen molar-refractivity contribution in [2.75, 3.05) is 14.2 Å². The fourth-order valence-corrected chi connectivity index (χ4v) is 0. The third-order valence-electron chi connectivity index (χ3n) is 0. The van der Waals surface area contributed by atoms with E-state index in [0.717, 1.165) is 0 Å². The lowest BCUT2D eigenvalue weighted by Gasteiger charge is -1.61. The summed E-state index contributed by atoms with van der Waals surface area (Å²) in [5.74, 6) is 0. The van der Waals surface area contributed by atoms with Crippen LogP contribution in [0.5, 0.6) is 0 Å². The van der Waals surface area contributed by atoms with Crippen molar-refractivity contribution in [2.24, 2.45) is 0 Å². The molecular weight excluding hydrogens is 140 g/mol. The van der Waals surface area contributed by atoms with E-state index in [1.807, 2.05) is 20.6 Å². The molecule has 0 atom stereocenters. The van der Waals surface area contributed by atoms with E-state index in [-0.39, 0.29) is 0 Å². The van der Waals surface area contributed by atoms with Crippen molar-refractivity contribution in [3.05, 3.63) is 26.3 Å². The molecule has 2 heteroatoms. The van der Waals surface area contributed by atoms with Crippen LogP contribution < -0.4 is 0 Å². The van der Waals surface area contributed by atoms with Crippen molar-refractivity contribution in [3.8, 4) is 0 Å². The van der Waals surface area contributed by atoms with Crippen molar-refractivity contribution in [1.82, 2.24) is 0 Å². The summed E-state index contributed by atoms with van der Waals surface area (Å²) >= 11 is 0. The summed E-state index contributed by atoms with van der Waals surface area (Å²) in [4.78, 5) is 8.00. The Labute approximate surface area is 71.6 Å². The first-order valence-corrected chi connectivity index (χ1v) is 3.11. The molecule has 0 N–H and O–H groups in total. The highest BCUT2D eigenvalue weighted by molar-refractivity contribution is 5.10. The van der Waals surface area contributed by atoms with Gasteiger partial charge in [-0.25, -0.2) is 0 Å². The summed E-state index contributed by atoms with van der Waals surface area (Å²) in [6.07, 6.45) is 0. The Bertz CT molecular complexity index is 18.8. The number of carbonyl (C=O) groups is 1. The van der Waals surface area contributed by atoms with Crippen LogP contribution in [0.15, 0.2) is 26.3 Å². The van der Waals surface area contributed by atoms with Crippen molar-refractivity contribution in [1.29, 1.82) is 0 Å². The smallest absolute Gasteiger partial charge is 0.106 e. The van der Waals surface area contributed by atoms with Crippen LogP contribution in [0.25, 0.3) is 0 Å². The van der Waals surface area contributed by atoms with E-state index in [2.05, 4.69) is 31.1 Å². The lowest BCUT2D eigenvalue weighted by atomic mass is 11.0. The highest BCUT2D eigenvalue weighted by Gasteiger charge is 1.25. The Balaban J connectivity index is -0.0000000139.